The van der Waals surface area contributed by atoms with Gasteiger partial charge in [0, 0.05) is 31.7 Å². The molecule has 2 amide bonds. The summed E-state index contributed by atoms with van der Waals surface area (Å²) in [6.07, 6.45) is -0.330. The van der Waals surface area contributed by atoms with Gasteiger partial charge in [-0.3, -0.25) is 4.79 Å². The van der Waals surface area contributed by atoms with E-state index in [4.69, 9.17) is 0 Å². The molecule has 1 aliphatic heterocycles. The Kier molecular flexibility index (Phi) is 4.83. The summed E-state index contributed by atoms with van der Waals surface area (Å²) < 4.78 is 4.69. The van der Waals surface area contributed by atoms with Crippen LogP contribution in [0.2, 0.25) is 0 Å². The van der Waals surface area contributed by atoms with Crippen molar-refractivity contribution in [2.45, 2.75) is 19.8 Å². The van der Waals surface area contributed by atoms with Crippen LogP contribution < -0.4 is 0 Å². The summed E-state index contributed by atoms with van der Waals surface area (Å²) in [5.74, 6) is 0.479. The molecule has 0 unspecified atom stereocenters. The van der Waals surface area contributed by atoms with E-state index in [0.29, 0.717) is 37.7 Å². The SMILES string of the molecule is COC(=O)N1CCN(C(=O)c2ccc(C(C)C)cc2)CC1. The topological polar surface area (TPSA) is 49.9 Å². The molecular weight excluding hydrogens is 268 g/mol. The highest BCUT2D eigenvalue weighted by Gasteiger charge is 2.25. The van der Waals surface area contributed by atoms with E-state index in [1.807, 2.05) is 24.3 Å². The van der Waals surface area contributed by atoms with Crippen molar-refractivity contribution in [2.75, 3.05) is 33.3 Å². The summed E-state index contributed by atoms with van der Waals surface area (Å²) in [7, 11) is 1.37. The van der Waals surface area contributed by atoms with Crippen LogP contribution in [0.15, 0.2) is 24.3 Å². The number of piperazine rings is 1. The number of ether oxygens (including phenoxy) is 1. The lowest BCUT2D eigenvalue weighted by atomic mass is 10.0. The quantitative estimate of drug-likeness (QED) is 0.840. The fourth-order valence-electron chi connectivity index (χ4n) is 2.41. The Labute approximate surface area is 125 Å². The maximum atomic E-state index is 12.4. The third kappa shape index (κ3) is 3.54. The first kappa shape index (κ1) is 15.4. The molecule has 2 rings (SSSR count). The number of hydrogen-bond acceptors (Lipinski definition) is 3. The average molecular weight is 290 g/mol. The Morgan fingerprint density at radius 2 is 1.52 bits per heavy atom. The van der Waals surface area contributed by atoms with Gasteiger partial charge in [0.15, 0.2) is 0 Å². The predicted molar refractivity (Wildman–Crippen MR) is 80.4 cm³/mol. The van der Waals surface area contributed by atoms with Crippen LogP contribution in [0.1, 0.15) is 35.7 Å². The molecule has 21 heavy (non-hydrogen) atoms. The van der Waals surface area contributed by atoms with Crippen LogP contribution in [0.3, 0.4) is 0 Å². The molecule has 1 aromatic carbocycles. The fourth-order valence-corrected chi connectivity index (χ4v) is 2.41. The van der Waals surface area contributed by atoms with Gasteiger partial charge in [0.1, 0.15) is 0 Å². The van der Waals surface area contributed by atoms with Crippen LogP contribution in [-0.4, -0.2) is 55.1 Å². The normalized spacial score (nSPS) is 15.2. The van der Waals surface area contributed by atoms with Crippen molar-refractivity contribution in [3.8, 4) is 0 Å². The molecule has 5 nitrogen and oxygen atoms in total. The third-order valence-electron chi connectivity index (χ3n) is 3.82. The molecule has 114 valence electrons. The second kappa shape index (κ2) is 6.61. The summed E-state index contributed by atoms with van der Waals surface area (Å²) in [4.78, 5) is 27.2. The molecule has 0 saturated carbocycles. The van der Waals surface area contributed by atoms with Crippen LogP contribution in [0.5, 0.6) is 0 Å². The molecule has 1 saturated heterocycles. The predicted octanol–water partition coefficient (Wildman–Crippen LogP) is 2.33. The standard InChI is InChI=1S/C16H22N2O3/c1-12(2)13-4-6-14(7-5-13)15(19)17-8-10-18(11-9-17)16(20)21-3/h4-7,12H,8-11H2,1-3H3. The second-order valence-electron chi connectivity index (χ2n) is 5.53. The van der Waals surface area contributed by atoms with Gasteiger partial charge in [-0.2, -0.15) is 0 Å². The summed E-state index contributed by atoms with van der Waals surface area (Å²) in [5.41, 5.74) is 1.92. The largest absolute Gasteiger partial charge is 0.453 e. The number of methoxy groups -OCH3 is 1. The van der Waals surface area contributed by atoms with Gasteiger partial charge in [0.05, 0.1) is 7.11 Å². The Morgan fingerprint density at radius 3 is 2.00 bits per heavy atom. The van der Waals surface area contributed by atoms with Gasteiger partial charge in [-0.15, -0.1) is 0 Å². The van der Waals surface area contributed by atoms with E-state index in [1.54, 1.807) is 9.80 Å². The number of nitrogens with zero attached hydrogens (tertiary/aromatic N) is 2. The van der Waals surface area contributed by atoms with E-state index in [-0.39, 0.29) is 12.0 Å². The molecule has 0 atom stereocenters. The van der Waals surface area contributed by atoms with E-state index < -0.39 is 0 Å². The second-order valence-corrected chi connectivity index (χ2v) is 5.53. The monoisotopic (exact) mass is 290 g/mol. The molecule has 0 bridgehead atoms. The Hall–Kier alpha value is -2.04. The van der Waals surface area contributed by atoms with Crippen molar-refractivity contribution in [1.82, 2.24) is 9.80 Å². The van der Waals surface area contributed by atoms with Gasteiger partial charge in [0.25, 0.3) is 5.91 Å². The number of amides is 2. The fraction of sp³-hybridized carbons (Fsp3) is 0.500. The number of hydrogen-bond donors (Lipinski definition) is 0. The molecule has 1 aromatic rings. The van der Waals surface area contributed by atoms with Gasteiger partial charge in [0.2, 0.25) is 0 Å². The molecule has 1 heterocycles. The molecule has 5 heteroatoms. The van der Waals surface area contributed by atoms with Gasteiger partial charge < -0.3 is 14.5 Å². The molecule has 0 spiro atoms. The summed E-state index contributed by atoms with van der Waals surface area (Å²) in [6.45, 7) is 6.37. The molecule has 0 aliphatic carbocycles. The minimum absolute atomic E-state index is 0.0230. The lowest BCUT2D eigenvalue weighted by Gasteiger charge is -2.33. The maximum Gasteiger partial charge on any atom is 0.409 e. The highest BCUT2D eigenvalue weighted by molar-refractivity contribution is 5.94. The molecule has 0 radical (unpaired) electrons. The van der Waals surface area contributed by atoms with Crippen molar-refractivity contribution >= 4 is 12.0 Å². The highest BCUT2D eigenvalue weighted by atomic mass is 16.5. The molecule has 1 aliphatic rings. The molecule has 0 aromatic heterocycles. The Bertz CT molecular complexity index is 503. The molecular formula is C16H22N2O3. The Morgan fingerprint density at radius 1 is 1.00 bits per heavy atom. The van der Waals surface area contributed by atoms with Crippen LogP contribution >= 0.6 is 0 Å². The van der Waals surface area contributed by atoms with E-state index in [9.17, 15) is 9.59 Å². The first-order chi connectivity index (χ1) is 10.0. The van der Waals surface area contributed by atoms with Crippen molar-refractivity contribution in [1.29, 1.82) is 0 Å². The number of rotatable bonds is 2. The summed E-state index contributed by atoms with van der Waals surface area (Å²) >= 11 is 0. The van der Waals surface area contributed by atoms with Crippen molar-refractivity contribution in [3.05, 3.63) is 35.4 Å². The Balaban J connectivity index is 1.97. The zero-order chi connectivity index (χ0) is 15.4. The highest BCUT2D eigenvalue weighted by Crippen LogP contribution is 2.16. The number of benzene rings is 1. The zero-order valence-electron chi connectivity index (χ0n) is 12.8. The smallest absolute Gasteiger partial charge is 0.409 e. The van der Waals surface area contributed by atoms with Crippen LogP contribution in [0.25, 0.3) is 0 Å². The lowest BCUT2D eigenvalue weighted by molar-refractivity contribution is 0.0599. The molecule has 1 fully saturated rings. The first-order valence-electron chi connectivity index (χ1n) is 7.25. The van der Waals surface area contributed by atoms with Crippen LogP contribution in [-0.2, 0) is 4.74 Å². The van der Waals surface area contributed by atoms with Crippen molar-refractivity contribution < 1.29 is 14.3 Å². The van der Waals surface area contributed by atoms with Gasteiger partial charge in [-0.1, -0.05) is 26.0 Å². The van der Waals surface area contributed by atoms with Gasteiger partial charge in [-0.05, 0) is 23.6 Å². The minimum atomic E-state index is -0.330. The van der Waals surface area contributed by atoms with E-state index in [1.165, 1.54) is 12.7 Å². The summed E-state index contributed by atoms with van der Waals surface area (Å²) in [6, 6.07) is 7.76. The van der Waals surface area contributed by atoms with Gasteiger partial charge >= 0.3 is 6.09 Å². The van der Waals surface area contributed by atoms with Crippen LogP contribution in [0.4, 0.5) is 4.79 Å². The van der Waals surface area contributed by atoms with Crippen molar-refractivity contribution in [3.63, 3.8) is 0 Å². The van der Waals surface area contributed by atoms with Gasteiger partial charge in [-0.25, -0.2) is 4.79 Å². The molecule has 0 N–H and O–H groups in total. The van der Waals surface area contributed by atoms with Crippen molar-refractivity contribution in [2.24, 2.45) is 0 Å². The van der Waals surface area contributed by atoms with E-state index in [2.05, 4.69) is 18.6 Å². The average Bonchev–Trinajstić information content (AvgIpc) is 2.53. The number of carbonyl (C=O) groups is 2. The minimum Gasteiger partial charge on any atom is -0.453 e. The maximum absolute atomic E-state index is 12.4. The van der Waals surface area contributed by atoms with Crippen LogP contribution in [0, 0.1) is 0 Å². The zero-order valence-corrected chi connectivity index (χ0v) is 12.8. The third-order valence-corrected chi connectivity index (χ3v) is 3.82. The summed E-state index contributed by atoms with van der Waals surface area (Å²) in [5, 5.41) is 0. The number of carbonyl (C=O) groups excluding carboxylic acids is 2. The van der Waals surface area contributed by atoms with E-state index >= 15 is 0 Å². The lowest BCUT2D eigenvalue weighted by Crippen LogP contribution is -2.50. The van der Waals surface area contributed by atoms with E-state index in [0.717, 1.165) is 0 Å². The first-order valence-corrected chi connectivity index (χ1v) is 7.25.